The monoisotopic (exact) mass is 287 g/mol. The van der Waals surface area contributed by atoms with Gasteiger partial charge in [0.05, 0.1) is 6.20 Å². The van der Waals surface area contributed by atoms with E-state index in [0.717, 1.165) is 0 Å². The fraction of sp³-hybridized carbons (Fsp3) is 0.222. The fourth-order valence-electron chi connectivity index (χ4n) is 1.23. The number of aromatic nitrogens is 4. The second-order valence-electron chi connectivity index (χ2n) is 3.35. The Kier molecular flexibility index (Phi) is 3.48. The van der Waals surface area contributed by atoms with Gasteiger partial charge in [-0.1, -0.05) is 18.5 Å². The van der Waals surface area contributed by atoms with Gasteiger partial charge in [0.25, 0.3) is 10.0 Å². The zero-order chi connectivity index (χ0) is 13.2. The molecular weight excluding hydrogens is 278 g/mol. The van der Waals surface area contributed by atoms with Crippen LogP contribution in [0.2, 0.25) is 5.15 Å². The number of sulfonamides is 1. The van der Waals surface area contributed by atoms with E-state index in [-0.39, 0.29) is 16.0 Å². The van der Waals surface area contributed by atoms with Gasteiger partial charge in [0.1, 0.15) is 5.82 Å². The molecule has 2 rings (SSSR count). The van der Waals surface area contributed by atoms with Crippen molar-refractivity contribution >= 4 is 27.4 Å². The number of nitrogens with one attached hydrogen (secondary N) is 2. The first kappa shape index (κ1) is 12.8. The zero-order valence-electron chi connectivity index (χ0n) is 9.38. The molecule has 0 atom stereocenters. The molecule has 0 aliphatic rings. The second kappa shape index (κ2) is 4.91. The maximum Gasteiger partial charge on any atom is 0.280 e. The van der Waals surface area contributed by atoms with Crippen LogP contribution in [0.25, 0.3) is 0 Å². The Hall–Kier alpha value is -1.67. The predicted octanol–water partition coefficient (Wildman–Crippen LogP) is 1.22. The van der Waals surface area contributed by atoms with Crippen molar-refractivity contribution < 1.29 is 8.42 Å². The normalized spacial score (nSPS) is 11.4. The largest absolute Gasteiger partial charge is 0.332 e. The lowest BCUT2D eigenvalue weighted by molar-refractivity contribution is 0.597. The van der Waals surface area contributed by atoms with Gasteiger partial charge < -0.3 is 4.98 Å². The molecule has 0 radical (unpaired) electrons. The molecule has 96 valence electrons. The first-order valence-electron chi connectivity index (χ1n) is 5.06. The Morgan fingerprint density at radius 1 is 1.33 bits per heavy atom. The minimum absolute atomic E-state index is 0.0173. The smallest absolute Gasteiger partial charge is 0.280 e. The third-order valence-electron chi connectivity index (χ3n) is 2.11. The van der Waals surface area contributed by atoms with Gasteiger partial charge in [-0.05, 0) is 0 Å². The molecule has 0 fully saturated rings. The summed E-state index contributed by atoms with van der Waals surface area (Å²) >= 11 is 5.72. The summed E-state index contributed by atoms with van der Waals surface area (Å²) in [6.45, 7) is 1.86. The number of aromatic amines is 1. The van der Waals surface area contributed by atoms with Crippen molar-refractivity contribution in [3.63, 3.8) is 0 Å². The maximum atomic E-state index is 12.0. The highest BCUT2D eigenvalue weighted by Gasteiger charge is 2.19. The molecule has 0 aliphatic heterocycles. The van der Waals surface area contributed by atoms with Gasteiger partial charge in [-0.2, -0.15) is 8.42 Å². The fourth-order valence-corrected chi connectivity index (χ4v) is 2.40. The highest BCUT2D eigenvalue weighted by Crippen LogP contribution is 2.18. The highest BCUT2D eigenvalue weighted by atomic mass is 35.5. The van der Waals surface area contributed by atoms with Crippen LogP contribution in [0, 0.1) is 0 Å². The molecule has 9 heteroatoms. The van der Waals surface area contributed by atoms with Crippen molar-refractivity contribution in [2.24, 2.45) is 0 Å². The molecule has 0 bridgehead atoms. The van der Waals surface area contributed by atoms with Crippen LogP contribution >= 0.6 is 11.6 Å². The lowest BCUT2D eigenvalue weighted by Crippen LogP contribution is -2.15. The summed E-state index contributed by atoms with van der Waals surface area (Å²) in [6, 6.07) is 0. The number of halogens is 1. The summed E-state index contributed by atoms with van der Waals surface area (Å²) in [6.07, 6.45) is 4.56. The number of imidazole rings is 1. The van der Waals surface area contributed by atoms with Crippen LogP contribution < -0.4 is 4.72 Å². The van der Waals surface area contributed by atoms with E-state index >= 15 is 0 Å². The minimum Gasteiger partial charge on any atom is -0.332 e. The summed E-state index contributed by atoms with van der Waals surface area (Å²) < 4.78 is 26.2. The molecule has 0 aromatic carbocycles. The lowest BCUT2D eigenvalue weighted by Gasteiger charge is -2.05. The Balaban J connectivity index is 2.30. The van der Waals surface area contributed by atoms with E-state index in [4.69, 9.17) is 11.6 Å². The average molecular weight is 288 g/mol. The van der Waals surface area contributed by atoms with Crippen molar-refractivity contribution in [1.82, 2.24) is 19.9 Å². The van der Waals surface area contributed by atoms with Crippen LogP contribution in [0.5, 0.6) is 0 Å². The second-order valence-corrected chi connectivity index (χ2v) is 5.36. The number of aryl methyl sites for hydroxylation is 1. The number of anilines is 1. The number of nitrogens with zero attached hydrogens (tertiary/aromatic N) is 3. The van der Waals surface area contributed by atoms with Gasteiger partial charge in [-0.3, -0.25) is 4.72 Å². The van der Waals surface area contributed by atoms with Crippen LogP contribution in [0.4, 0.5) is 5.82 Å². The summed E-state index contributed by atoms with van der Waals surface area (Å²) in [5.41, 5.74) is 0. The molecular formula is C9H10ClN5O2S. The molecule has 0 saturated carbocycles. The summed E-state index contributed by atoms with van der Waals surface area (Å²) in [5.74, 6) is 0.562. The molecule has 0 spiro atoms. The van der Waals surface area contributed by atoms with Crippen LogP contribution in [0.15, 0.2) is 23.6 Å². The maximum absolute atomic E-state index is 12.0. The Morgan fingerprint density at radius 3 is 2.67 bits per heavy atom. The first-order chi connectivity index (χ1) is 8.53. The van der Waals surface area contributed by atoms with Gasteiger partial charge in [0.2, 0.25) is 0 Å². The molecule has 2 aromatic heterocycles. The van der Waals surface area contributed by atoms with Gasteiger partial charge in [-0.25, -0.2) is 15.0 Å². The van der Waals surface area contributed by atoms with Crippen LogP contribution in [0.3, 0.4) is 0 Å². The van der Waals surface area contributed by atoms with E-state index in [1.807, 2.05) is 6.92 Å². The van der Waals surface area contributed by atoms with Crippen LogP contribution in [-0.2, 0) is 16.4 Å². The van der Waals surface area contributed by atoms with E-state index in [0.29, 0.717) is 12.2 Å². The van der Waals surface area contributed by atoms with Crippen molar-refractivity contribution in [3.8, 4) is 0 Å². The Bertz CT molecular complexity index is 654. The summed E-state index contributed by atoms with van der Waals surface area (Å²) in [4.78, 5) is 14.1. The number of hydrogen-bond acceptors (Lipinski definition) is 5. The van der Waals surface area contributed by atoms with Crippen LogP contribution in [-0.4, -0.2) is 28.4 Å². The first-order valence-corrected chi connectivity index (χ1v) is 6.92. The zero-order valence-corrected chi connectivity index (χ0v) is 11.0. The van der Waals surface area contributed by atoms with Crippen molar-refractivity contribution in [3.05, 3.63) is 29.6 Å². The Labute approximate surface area is 109 Å². The molecule has 2 N–H and O–H groups in total. The standard InChI is InChI=1S/C9H10ClN5O2S/c1-2-6-13-5-7(14-6)18(16,17)15-9-8(10)11-3-4-12-9/h3-5H,2H2,1H3,(H,12,15)(H,13,14). The highest BCUT2D eigenvalue weighted by molar-refractivity contribution is 7.92. The van der Waals surface area contributed by atoms with E-state index in [9.17, 15) is 8.42 Å². The molecule has 0 amide bonds. The minimum atomic E-state index is -3.78. The quantitative estimate of drug-likeness (QED) is 0.880. The van der Waals surface area contributed by atoms with E-state index in [1.165, 1.54) is 18.6 Å². The van der Waals surface area contributed by atoms with Crippen molar-refractivity contribution in [2.45, 2.75) is 18.4 Å². The third-order valence-corrected chi connectivity index (χ3v) is 3.64. The number of H-pyrrole nitrogens is 1. The molecule has 0 saturated heterocycles. The van der Waals surface area contributed by atoms with Crippen molar-refractivity contribution in [2.75, 3.05) is 4.72 Å². The lowest BCUT2D eigenvalue weighted by atomic mass is 10.5. The van der Waals surface area contributed by atoms with Crippen LogP contribution in [0.1, 0.15) is 12.7 Å². The molecule has 2 heterocycles. The third kappa shape index (κ3) is 2.59. The molecule has 7 nitrogen and oxygen atoms in total. The summed E-state index contributed by atoms with van der Waals surface area (Å²) in [5, 5.41) is -0.0580. The molecule has 18 heavy (non-hydrogen) atoms. The summed E-state index contributed by atoms with van der Waals surface area (Å²) in [7, 11) is -3.78. The Morgan fingerprint density at radius 2 is 2.06 bits per heavy atom. The number of hydrogen-bond donors (Lipinski definition) is 2. The van der Waals surface area contributed by atoms with Gasteiger partial charge >= 0.3 is 0 Å². The average Bonchev–Trinajstić information content (AvgIpc) is 2.81. The topological polar surface area (TPSA) is 101 Å². The molecule has 2 aromatic rings. The van der Waals surface area contributed by atoms with Crippen molar-refractivity contribution in [1.29, 1.82) is 0 Å². The van der Waals surface area contributed by atoms with E-state index < -0.39 is 10.0 Å². The van der Waals surface area contributed by atoms with Gasteiger partial charge in [0, 0.05) is 18.8 Å². The SMILES string of the molecule is CCc1ncc(S(=O)(=O)Nc2nccnc2Cl)[nH]1. The van der Waals surface area contributed by atoms with E-state index in [1.54, 1.807) is 0 Å². The van der Waals surface area contributed by atoms with E-state index in [2.05, 4.69) is 24.7 Å². The predicted molar refractivity (Wildman–Crippen MR) is 65.8 cm³/mol. The van der Waals surface area contributed by atoms with Gasteiger partial charge in [-0.15, -0.1) is 0 Å². The number of rotatable bonds is 4. The molecule has 0 unspecified atom stereocenters. The van der Waals surface area contributed by atoms with Gasteiger partial charge in [0.15, 0.2) is 16.0 Å². The molecule has 0 aliphatic carbocycles.